The van der Waals surface area contributed by atoms with Gasteiger partial charge in [0.2, 0.25) is 0 Å². The Morgan fingerprint density at radius 1 is 1.25 bits per heavy atom. The van der Waals surface area contributed by atoms with Crippen molar-refractivity contribution in [3.05, 3.63) is 0 Å². The Balaban J connectivity index is 2.20. The van der Waals surface area contributed by atoms with Crippen molar-refractivity contribution >= 4 is 17.9 Å². The minimum Gasteiger partial charge on any atom is -0.444 e. The smallest absolute Gasteiger partial charge is 0.407 e. The van der Waals surface area contributed by atoms with E-state index < -0.39 is 5.60 Å². The highest BCUT2D eigenvalue weighted by Gasteiger charge is 2.24. The second-order valence-electron chi connectivity index (χ2n) is 6.65. The van der Waals surface area contributed by atoms with Crippen molar-refractivity contribution in [2.24, 2.45) is 0 Å². The lowest BCUT2D eigenvalue weighted by Crippen LogP contribution is -2.44. The van der Waals surface area contributed by atoms with Gasteiger partial charge in [-0.3, -0.25) is 0 Å². The molecular formula is C15H30N2O2S. The third kappa shape index (κ3) is 7.39. The summed E-state index contributed by atoms with van der Waals surface area (Å²) in [7, 11) is 0. The highest BCUT2D eigenvalue weighted by Crippen LogP contribution is 2.19. The molecule has 1 fully saturated rings. The van der Waals surface area contributed by atoms with Gasteiger partial charge >= 0.3 is 6.09 Å². The van der Waals surface area contributed by atoms with Crippen LogP contribution in [0.3, 0.4) is 0 Å². The largest absolute Gasteiger partial charge is 0.444 e. The lowest BCUT2D eigenvalue weighted by molar-refractivity contribution is 0.0490. The SMILES string of the molecule is CSC(C)CNC1CCC(NC(=O)OC(C)(C)C)CC1. The van der Waals surface area contributed by atoms with E-state index in [0.29, 0.717) is 11.3 Å². The van der Waals surface area contributed by atoms with Crippen LogP contribution in [0, 0.1) is 0 Å². The number of amides is 1. The zero-order chi connectivity index (χ0) is 15.2. The van der Waals surface area contributed by atoms with Crippen LogP contribution in [0.25, 0.3) is 0 Å². The molecule has 1 rings (SSSR count). The number of rotatable bonds is 5. The lowest BCUT2D eigenvalue weighted by Gasteiger charge is -2.31. The zero-order valence-electron chi connectivity index (χ0n) is 13.5. The number of ether oxygens (including phenoxy) is 1. The van der Waals surface area contributed by atoms with Crippen LogP contribution in [0.4, 0.5) is 4.79 Å². The van der Waals surface area contributed by atoms with Gasteiger partial charge in [0, 0.05) is 23.9 Å². The molecule has 0 saturated heterocycles. The first-order valence-corrected chi connectivity index (χ1v) is 8.84. The van der Waals surface area contributed by atoms with Crippen molar-refractivity contribution < 1.29 is 9.53 Å². The van der Waals surface area contributed by atoms with E-state index in [0.717, 1.165) is 32.2 Å². The van der Waals surface area contributed by atoms with Gasteiger partial charge < -0.3 is 15.4 Å². The van der Waals surface area contributed by atoms with Crippen molar-refractivity contribution in [2.45, 2.75) is 76.3 Å². The van der Waals surface area contributed by atoms with Gasteiger partial charge in [-0.1, -0.05) is 6.92 Å². The van der Waals surface area contributed by atoms with E-state index in [2.05, 4.69) is 23.8 Å². The van der Waals surface area contributed by atoms with Crippen molar-refractivity contribution in [1.29, 1.82) is 0 Å². The third-order valence-corrected chi connectivity index (χ3v) is 4.52. The predicted octanol–water partition coefficient (Wildman–Crippen LogP) is 3.16. The number of carbonyl (C=O) groups is 1. The molecule has 0 aliphatic heterocycles. The number of hydrogen-bond donors (Lipinski definition) is 2. The standard InChI is InChI=1S/C15H30N2O2S/c1-11(20-5)10-16-12-6-8-13(9-7-12)17-14(18)19-15(2,3)4/h11-13,16H,6-10H2,1-5H3,(H,17,18). The molecule has 20 heavy (non-hydrogen) atoms. The maximum atomic E-state index is 11.7. The van der Waals surface area contributed by atoms with Crippen LogP contribution >= 0.6 is 11.8 Å². The Morgan fingerprint density at radius 2 is 1.80 bits per heavy atom. The normalized spacial score (nSPS) is 25.1. The van der Waals surface area contributed by atoms with Crippen molar-refractivity contribution in [3.63, 3.8) is 0 Å². The van der Waals surface area contributed by atoms with Crippen LogP contribution < -0.4 is 10.6 Å². The molecular weight excluding hydrogens is 272 g/mol. The first-order valence-electron chi connectivity index (χ1n) is 7.56. The van der Waals surface area contributed by atoms with E-state index in [9.17, 15) is 4.79 Å². The predicted molar refractivity (Wildman–Crippen MR) is 86.4 cm³/mol. The number of nitrogens with one attached hydrogen (secondary N) is 2. The molecule has 0 aromatic rings. The average Bonchev–Trinajstić information content (AvgIpc) is 2.35. The second-order valence-corrected chi connectivity index (χ2v) is 7.93. The first-order chi connectivity index (χ1) is 9.30. The van der Waals surface area contributed by atoms with Crippen LogP contribution in [0.2, 0.25) is 0 Å². The topological polar surface area (TPSA) is 50.4 Å². The van der Waals surface area contributed by atoms with E-state index in [1.54, 1.807) is 0 Å². The first kappa shape index (κ1) is 17.6. The molecule has 1 aliphatic carbocycles. The molecule has 0 bridgehead atoms. The van der Waals surface area contributed by atoms with Gasteiger partial charge in [-0.15, -0.1) is 0 Å². The summed E-state index contributed by atoms with van der Waals surface area (Å²) in [5.74, 6) is 0. The highest BCUT2D eigenvalue weighted by atomic mass is 32.2. The minimum absolute atomic E-state index is 0.265. The third-order valence-electron chi connectivity index (χ3n) is 3.54. The van der Waals surface area contributed by atoms with Crippen LogP contribution in [-0.2, 0) is 4.74 Å². The summed E-state index contributed by atoms with van der Waals surface area (Å²) < 4.78 is 5.29. The van der Waals surface area contributed by atoms with Gasteiger partial charge in [0.25, 0.3) is 0 Å². The summed E-state index contributed by atoms with van der Waals surface area (Å²) >= 11 is 1.89. The Hall–Kier alpha value is -0.420. The second kappa shape index (κ2) is 8.13. The summed E-state index contributed by atoms with van der Waals surface area (Å²) in [6.45, 7) is 8.98. The van der Waals surface area contributed by atoms with Gasteiger partial charge in [-0.05, 0) is 52.7 Å². The van der Waals surface area contributed by atoms with Crippen LogP contribution in [0.5, 0.6) is 0 Å². The number of carbonyl (C=O) groups excluding carboxylic acids is 1. The monoisotopic (exact) mass is 302 g/mol. The van der Waals surface area contributed by atoms with Gasteiger partial charge in [-0.2, -0.15) is 11.8 Å². The molecule has 0 heterocycles. The summed E-state index contributed by atoms with van der Waals surface area (Å²) in [5.41, 5.74) is -0.420. The van der Waals surface area contributed by atoms with E-state index in [-0.39, 0.29) is 12.1 Å². The fourth-order valence-corrected chi connectivity index (χ4v) is 2.59. The van der Waals surface area contributed by atoms with Crippen molar-refractivity contribution in [2.75, 3.05) is 12.8 Å². The van der Waals surface area contributed by atoms with Gasteiger partial charge in [0.05, 0.1) is 0 Å². The highest BCUT2D eigenvalue weighted by molar-refractivity contribution is 7.99. The molecule has 5 heteroatoms. The van der Waals surface area contributed by atoms with E-state index >= 15 is 0 Å². The van der Waals surface area contributed by atoms with Crippen molar-refractivity contribution in [1.82, 2.24) is 10.6 Å². The number of thioether (sulfide) groups is 1. The number of hydrogen-bond acceptors (Lipinski definition) is 4. The Morgan fingerprint density at radius 3 is 2.30 bits per heavy atom. The molecule has 0 spiro atoms. The summed E-state index contributed by atoms with van der Waals surface area (Å²) in [4.78, 5) is 11.7. The fourth-order valence-electron chi connectivity index (χ4n) is 2.33. The molecule has 1 amide bonds. The Bertz CT molecular complexity index is 297. The Kier molecular flexibility index (Phi) is 7.17. The van der Waals surface area contributed by atoms with Gasteiger partial charge in [0.15, 0.2) is 0 Å². The summed E-state index contributed by atoms with van der Waals surface area (Å²) in [6, 6.07) is 0.863. The molecule has 118 valence electrons. The maximum Gasteiger partial charge on any atom is 0.407 e. The van der Waals surface area contributed by atoms with Gasteiger partial charge in [0.1, 0.15) is 5.60 Å². The van der Waals surface area contributed by atoms with Crippen LogP contribution in [0.15, 0.2) is 0 Å². The molecule has 1 atom stereocenters. The minimum atomic E-state index is -0.420. The van der Waals surface area contributed by atoms with E-state index in [4.69, 9.17) is 4.74 Å². The average molecular weight is 302 g/mol. The molecule has 0 aromatic heterocycles. The molecule has 1 aliphatic rings. The molecule has 2 N–H and O–H groups in total. The Labute approximate surface area is 127 Å². The van der Waals surface area contributed by atoms with Crippen LogP contribution in [-0.4, -0.2) is 41.8 Å². The van der Waals surface area contributed by atoms with Crippen LogP contribution in [0.1, 0.15) is 53.4 Å². The lowest BCUT2D eigenvalue weighted by atomic mass is 9.91. The number of alkyl carbamates (subject to hydrolysis) is 1. The van der Waals surface area contributed by atoms with E-state index in [1.165, 1.54) is 0 Å². The summed E-state index contributed by atoms with van der Waals surface area (Å²) in [5, 5.41) is 7.26. The molecule has 4 nitrogen and oxygen atoms in total. The maximum absolute atomic E-state index is 11.7. The molecule has 0 aromatic carbocycles. The molecule has 1 unspecified atom stereocenters. The summed E-state index contributed by atoms with van der Waals surface area (Å²) in [6.07, 6.45) is 6.18. The quantitative estimate of drug-likeness (QED) is 0.819. The molecule has 0 radical (unpaired) electrons. The van der Waals surface area contributed by atoms with Gasteiger partial charge in [-0.25, -0.2) is 4.79 Å². The van der Waals surface area contributed by atoms with Crippen molar-refractivity contribution in [3.8, 4) is 0 Å². The van der Waals surface area contributed by atoms with E-state index in [1.807, 2.05) is 32.5 Å². The molecule has 1 saturated carbocycles. The zero-order valence-corrected chi connectivity index (χ0v) is 14.3. The fraction of sp³-hybridized carbons (Fsp3) is 0.933.